The summed E-state index contributed by atoms with van der Waals surface area (Å²) in [5.74, 6) is 0.762. The fourth-order valence-corrected chi connectivity index (χ4v) is 1.92. The molecule has 2 aromatic carbocycles. The van der Waals surface area contributed by atoms with Gasteiger partial charge in [-0.3, -0.25) is 4.79 Å². The van der Waals surface area contributed by atoms with Gasteiger partial charge < -0.3 is 9.47 Å². The van der Waals surface area contributed by atoms with E-state index >= 15 is 0 Å². The van der Waals surface area contributed by atoms with Crippen LogP contribution < -0.4 is 14.9 Å². The maximum Gasteiger partial charge on any atom is 0.271 e. The van der Waals surface area contributed by atoms with Crippen molar-refractivity contribution in [3.63, 3.8) is 0 Å². The van der Waals surface area contributed by atoms with Crippen molar-refractivity contribution in [1.29, 1.82) is 0 Å². The molecule has 0 aliphatic heterocycles. The van der Waals surface area contributed by atoms with Gasteiger partial charge in [0.25, 0.3) is 5.91 Å². The Balaban J connectivity index is 2.12. The minimum Gasteiger partial charge on any atom is -0.493 e. The lowest BCUT2D eigenvalue weighted by Gasteiger charge is -2.09. The molecule has 114 valence electrons. The van der Waals surface area contributed by atoms with Gasteiger partial charge in [-0.05, 0) is 30.7 Å². The van der Waals surface area contributed by atoms with Gasteiger partial charge in [-0.1, -0.05) is 30.3 Å². The molecule has 0 aliphatic carbocycles. The molecule has 0 saturated carbocycles. The number of hydrogen-bond acceptors (Lipinski definition) is 4. The molecule has 5 nitrogen and oxygen atoms in total. The summed E-state index contributed by atoms with van der Waals surface area (Å²) < 4.78 is 10.3. The lowest BCUT2D eigenvalue weighted by atomic mass is 10.1. The molecule has 0 aliphatic rings. The lowest BCUT2D eigenvalue weighted by molar-refractivity contribution is 0.0954. The molecule has 0 radical (unpaired) electrons. The van der Waals surface area contributed by atoms with E-state index < -0.39 is 0 Å². The predicted octanol–water partition coefficient (Wildman–Crippen LogP) is 2.86. The van der Waals surface area contributed by atoms with Crippen molar-refractivity contribution in [1.82, 2.24) is 5.43 Å². The van der Waals surface area contributed by atoms with Gasteiger partial charge in [-0.2, -0.15) is 5.10 Å². The van der Waals surface area contributed by atoms with Crippen LogP contribution in [0.15, 0.2) is 53.6 Å². The highest BCUT2D eigenvalue weighted by Gasteiger charge is 2.10. The van der Waals surface area contributed by atoms with Crippen LogP contribution in [0.2, 0.25) is 0 Å². The second-order valence-corrected chi connectivity index (χ2v) is 4.57. The Kier molecular flexibility index (Phi) is 5.14. The first-order valence-electron chi connectivity index (χ1n) is 6.77. The predicted molar refractivity (Wildman–Crippen MR) is 85.7 cm³/mol. The smallest absolute Gasteiger partial charge is 0.271 e. The third kappa shape index (κ3) is 3.63. The second kappa shape index (κ2) is 7.26. The summed E-state index contributed by atoms with van der Waals surface area (Å²) >= 11 is 0. The zero-order valence-electron chi connectivity index (χ0n) is 12.8. The van der Waals surface area contributed by atoms with E-state index in [1.807, 2.05) is 37.3 Å². The Morgan fingerprint density at radius 3 is 2.27 bits per heavy atom. The third-order valence-corrected chi connectivity index (χ3v) is 3.16. The van der Waals surface area contributed by atoms with Gasteiger partial charge in [0, 0.05) is 5.56 Å². The molecular weight excluding hydrogens is 280 g/mol. The monoisotopic (exact) mass is 298 g/mol. The summed E-state index contributed by atoms with van der Waals surface area (Å²) in [5, 5.41) is 4.11. The SMILES string of the molecule is COc1ccc(C(=O)N/N=C(\C)c2ccccc2)cc1OC. The Morgan fingerprint density at radius 1 is 0.955 bits per heavy atom. The molecule has 0 heterocycles. The maximum atomic E-state index is 12.1. The van der Waals surface area contributed by atoms with Gasteiger partial charge in [-0.25, -0.2) is 5.43 Å². The summed E-state index contributed by atoms with van der Waals surface area (Å²) in [6, 6.07) is 14.6. The number of nitrogens with zero attached hydrogens (tertiary/aromatic N) is 1. The van der Waals surface area contributed by atoms with E-state index in [0.29, 0.717) is 17.1 Å². The number of methoxy groups -OCH3 is 2. The first-order valence-corrected chi connectivity index (χ1v) is 6.77. The van der Waals surface area contributed by atoms with E-state index in [2.05, 4.69) is 10.5 Å². The van der Waals surface area contributed by atoms with E-state index in [9.17, 15) is 4.79 Å². The Hall–Kier alpha value is -2.82. The molecule has 0 atom stereocenters. The van der Waals surface area contributed by atoms with Crippen molar-refractivity contribution in [2.24, 2.45) is 5.10 Å². The molecule has 22 heavy (non-hydrogen) atoms. The third-order valence-electron chi connectivity index (χ3n) is 3.16. The van der Waals surface area contributed by atoms with Gasteiger partial charge >= 0.3 is 0 Å². The van der Waals surface area contributed by atoms with E-state index in [-0.39, 0.29) is 5.91 Å². The number of amides is 1. The highest BCUT2D eigenvalue weighted by molar-refractivity contribution is 6.00. The van der Waals surface area contributed by atoms with Crippen LogP contribution in [0.4, 0.5) is 0 Å². The molecule has 0 fully saturated rings. The Bertz CT molecular complexity index is 682. The van der Waals surface area contributed by atoms with Crippen molar-refractivity contribution < 1.29 is 14.3 Å². The highest BCUT2D eigenvalue weighted by atomic mass is 16.5. The number of carbonyl (C=O) groups excluding carboxylic acids is 1. The maximum absolute atomic E-state index is 12.1. The van der Waals surface area contributed by atoms with Crippen LogP contribution in [0.25, 0.3) is 0 Å². The van der Waals surface area contributed by atoms with Crippen molar-refractivity contribution in [2.45, 2.75) is 6.92 Å². The molecule has 2 rings (SSSR count). The van der Waals surface area contributed by atoms with E-state index in [4.69, 9.17) is 9.47 Å². The number of carbonyl (C=O) groups is 1. The number of ether oxygens (including phenoxy) is 2. The first-order chi connectivity index (χ1) is 10.7. The second-order valence-electron chi connectivity index (χ2n) is 4.57. The zero-order chi connectivity index (χ0) is 15.9. The Morgan fingerprint density at radius 2 is 1.64 bits per heavy atom. The quantitative estimate of drug-likeness (QED) is 0.682. The van der Waals surface area contributed by atoms with Crippen molar-refractivity contribution in [3.05, 3.63) is 59.7 Å². The largest absolute Gasteiger partial charge is 0.493 e. The lowest BCUT2D eigenvalue weighted by Crippen LogP contribution is -2.19. The molecule has 0 spiro atoms. The summed E-state index contributed by atoms with van der Waals surface area (Å²) in [6.07, 6.45) is 0. The fourth-order valence-electron chi connectivity index (χ4n) is 1.92. The van der Waals surface area contributed by atoms with E-state index in [1.165, 1.54) is 7.11 Å². The molecule has 5 heteroatoms. The van der Waals surface area contributed by atoms with Crippen LogP contribution in [0.3, 0.4) is 0 Å². The average Bonchev–Trinajstić information content (AvgIpc) is 2.59. The standard InChI is InChI=1S/C17H18N2O3/c1-12(13-7-5-4-6-8-13)18-19-17(20)14-9-10-15(21-2)16(11-14)22-3/h4-11H,1-3H3,(H,19,20)/b18-12+. The van der Waals surface area contributed by atoms with Crippen molar-refractivity contribution >= 4 is 11.6 Å². The van der Waals surface area contributed by atoms with Crippen LogP contribution >= 0.6 is 0 Å². The van der Waals surface area contributed by atoms with Gasteiger partial charge in [0.1, 0.15) is 0 Å². The minimum absolute atomic E-state index is 0.309. The van der Waals surface area contributed by atoms with Crippen LogP contribution in [-0.4, -0.2) is 25.8 Å². The van der Waals surface area contributed by atoms with Crippen molar-refractivity contribution in [2.75, 3.05) is 14.2 Å². The van der Waals surface area contributed by atoms with E-state index in [1.54, 1.807) is 25.3 Å². The minimum atomic E-state index is -0.309. The van der Waals surface area contributed by atoms with Gasteiger partial charge in [0.05, 0.1) is 19.9 Å². The van der Waals surface area contributed by atoms with Gasteiger partial charge in [0.2, 0.25) is 0 Å². The fraction of sp³-hybridized carbons (Fsp3) is 0.176. The van der Waals surface area contributed by atoms with E-state index in [0.717, 1.165) is 11.3 Å². The molecule has 2 aromatic rings. The van der Waals surface area contributed by atoms with Gasteiger partial charge in [-0.15, -0.1) is 0 Å². The molecule has 1 amide bonds. The summed E-state index contributed by atoms with van der Waals surface area (Å²) in [6.45, 7) is 1.84. The van der Waals surface area contributed by atoms with Crippen LogP contribution in [0, 0.1) is 0 Å². The molecular formula is C17H18N2O3. The molecule has 0 aromatic heterocycles. The molecule has 0 bridgehead atoms. The molecule has 0 unspecified atom stereocenters. The topological polar surface area (TPSA) is 59.9 Å². The van der Waals surface area contributed by atoms with Crippen LogP contribution in [-0.2, 0) is 0 Å². The number of hydrogen-bond donors (Lipinski definition) is 1. The van der Waals surface area contributed by atoms with Crippen LogP contribution in [0.1, 0.15) is 22.8 Å². The highest BCUT2D eigenvalue weighted by Crippen LogP contribution is 2.27. The summed E-state index contributed by atoms with van der Waals surface area (Å²) in [4.78, 5) is 12.1. The zero-order valence-corrected chi connectivity index (χ0v) is 12.8. The van der Waals surface area contributed by atoms with Gasteiger partial charge in [0.15, 0.2) is 11.5 Å². The molecule has 1 N–H and O–H groups in total. The summed E-state index contributed by atoms with van der Waals surface area (Å²) in [7, 11) is 3.07. The number of hydrazone groups is 1. The Labute approximate surface area is 129 Å². The van der Waals surface area contributed by atoms with Crippen molar-refractivity contribution in [3.8, 4) is 11.5 Å². The average molecular weight is 298 g/mol. The molecule has 0 saturated heterocycles. The number of rotatable bonds is 5. The first kappa shape index (κ1) is 15.6. The summed E-state index contributed by atoms with van der Waals surface area (Å²) in [5.41, 5.74) is 4.67. The normalized spacial score (nSPS) is 11.0. The number of benzene rings is 2. The number of nitrogens with one attached hydrogen (secondary N) is 1. The van der Waals surface area contributed by atoms with Crippen LogP contribution in [0.5, 0.6) is 11.5 Å².